The second-order valence-electron chi connectivity index (χ2n) is 36.0. The van der Waals surface area contributed by atoms with Gasteiger partial charge in [0, 0.05) is 101 Å². The number of benzene rings is 21. The van der Waals surface area contributed by atoms with Crippen LogP contribution in [0.5, 0.6) is 0 Å². The maximum Gasteiger partial charge on any atom is 0.167 e. The van der Waals surface area contributed by atoms with Gasteiger partial charge in [0.2, 0.25) is 0 Å². The van der Waals surface area contributed by atoms with Gasteiger partial charge in [0.05, 0.1) is 5.56 Å². The van der Waals surface area contributed by atoms with Crippen molar-refractivity contribution >= 4 is 85.0 Å². The molecule has 0 aliphatic heterocycles. The second-order valence-corrected chi connectivity index (χ2v) is 38.0. The van der Waals surface area contributed by atoms with Gasteiger partial charge >= 0.3 is 0 Å². The predicted octanol–water partition coefficient (Wildman–Crippen LogP) is 36.3. The summed E-state index contributed by atoms with van der Waals surface area (Å²) < 4.78 is 11.7. The third-order valence-electron chi connectivity index (χ3n) is 26.9. The van der Waals surface area contributed by atoms with Crippen LogP contribution < -0.4 is 0 Å². The number of rotatable bonds is 18. The lowest BCUT2D eigenvalue weighted by molar-refractivity contribution is 0.670. The monoisotopic (exact) mass is 1910 g/mol. The molecule has 21 aromatic carbocycles. The molecule has 0 amide bonds. The number of fused-ring (bicyclic) bond motifs is 9. The van der Waals surface area contributed by atoms with E-state index in [0.717, 1.165) is 120 Å². The molecule has 0 bridgehead atoms. The van der Waals surface area contributed by atoms with E-state index in [1.165, 1.54) is 92.1 Å². The van der Waals surface area contributed by atoms with Crippen molar-refractivity contribution < 1.29 is 4.42 Å². The third-order valence-corrected chi connectivity index (χ3v) is 29.5. The van der Waals surface area contributed by atoms with Crippen LogP contribution in [0.3, 0.4) is 0 Å². The highest BCUT2D eigenvalue weighted by Gasteiger charge is 2.27. The number of para-hydroxylation sites is 1. The van der Waals surface area contributed by atoms with Crippen LogP contribution in [0.2, 0.25) is 0 Å². The van der Waals surface area contributed by atoms with Crippen molar-refractivity contribution in [1.82, 2.24) is 44.9 Å². The topological polar surface area (TPSA) is 129 Å². The molecule has 0 saturated carbocycles. The molecule has 10 nitrogen and oxygen atoms in total. The lowest BCUT2D eigenvalue weighted by Gasteiger charge is -2.11. The van der Waals surface area contributed by atoms with E-state index in [1.54, 1.807) is 0 Å². The molecule has 0 unspecified atom stereocenters. The number of aromatic nitrogens is 9. The summed E-state index contributed by atoms with van der Waals surface area (Å²) in [6.07, 6.45) is 0. The van der Waals surface area contributed by atoms with Crippen LogP contribution in [-0.2, 0) is 0 Å². The molecule has 12 heteroatoms. The highest BCUT2D eigenvalue weighted by Crippen LogP contribution is 2.52. The van der Waals surface area contributed by atoms with Crippen LogP contribution in [0.25, 0.3) is 265 Å². The lowest BCUT2D eigenvalue weighted by Crippen LogP contribution is -2.00. The maximum atomic E-state index is 6.88. The van der Waals surface area contributed by atoms with Gasteiger partial charge in [0.1, 0.15) is 11.2 Å². The Kier molecular flexibility index (Phi) is 24.4. The zero-order valence-corrected chi connectivity index (χ0v) is 81.1. The van der Waals surface area contributed by atoms with Gasteiger partial charge in [0.25, 0.3) is 0 Å². The Balaban J connectivity index is 0.000000116. The number of hydrogen-bond acceptors (Lipinski definition) is 12. The molecule has 6 aromatic heterocycles. The summed E-state index contributed by atoms with van der Waals surface area (Å²) >= 11 is 3.63. The molecule has 6 heterocycles. The third kappa shape index (κ3) is 18.0. The molecule has 147 heavy (non-hydrogen) atoms. The van der Waals surface area contributed by atoms with Crippen molar-refractivity contribution in [3.8, 4) is 203 Å². The van der Waals surface area contributed by atoms with Crippen LogP contribution >= 0.6 is 22.7 Å². The SMILES string of the molecule is c1ccc(-c2ccc(-c3nc(-c4ccc(-c5ccccc5)cc4)nc(-c4cccc5c4sc4c(-c6ccccc6)ccc(-c6ccccc6)c45)n3)cc2)cc1.c1ccc(-c2ccc(-c3nc(-c4ccccc4)nc(-c4cccc5c4sc4c(-c6ccccc6)ccc(-c6ccccc6)c45)n3)cc2)cc1.c1ccc(-c2nc(-c3ccccc3)nc(-c3cccc4c3oc3c(-c5ccccc5)ccc(-c5ccccc5)c34)n2)cc1. The Labute approximate surface area is 858 Å². The minimum atomic E-state index is 0.569. The van der Waals surface area contributed by atoms with Crippen molar-refractivity contribution in [2.24, 2.45) is 0 Å². The fraction of sp³-hybridized carbons (Fsp3) is 0. The minimum absolute atomic E-state index is 0.569. The minimum Gasteiger partial charge on any atom is -0.455 e. The van der Waals surface area contributed by atoms with Gasteiger partial charge in [0.15, 0.2) is 52.4 Å². The van der Waals surface area contributed by atoms with Gasteiger partial charge in [-0.15, -0.1) is 22.7 Å². The van der Waals surface area contributed by atoms with Crippen molar-refractivity contribution in [2.75, 3.05) is 0 Å². The van der Waals surface area contributed by atoms with Crippen molar-refractivity contribution in [3.05, 3.63) is 528 Å². The van der Waals surface area contributed by atoms with E-state index in [0.29, 0.717) is 52.4 Å². The molecular weight excluding hydrogens is 1830 g/mol. The van der Waals surface area contributed by atoms with E-state index in [9.17, 15) is 0 Å². The average molecular weight is 1920 g/mol. The Hall–Kier alpha value is -19.1. The molecule has 27 aromatic rings. The summed E-state index contributed by atoms with van der Waals surface area (Å²) in [5.74, 6) is 5.70. The summed E-state index contributed by atoms with van der Waals surface area (Å²) in [5, 5.41) is 6.99. The second kappa shape index (κ2) is 40.1. The Morgan fingerprint density at radius 1 is 0.116 bits per heavy atom. The van der Waals surface area contributed by atoms with Crippen LogP contribution in [0.1, 0.15) is 0 Å². The molecule has 27 rings (SSSR count). The van der Waals surface area contributed by atoms with E-state index in [1.807, 2.05) is 138 Å². The van der Waals surface area contributed by atoms with Crippen molar-refractivity contribution in [3.63, 3.8) is 0 Å². The van der Waals surface area contributed by atoms with E-state index < -0.39 is 0 Å². The molecule has 0 fully saturated rings. The van der Waals surface area contributed by atoms with Crippen LogP contribution in [-0.4, -0.2) is 44.9 Å². The van der Waals surface area contributed by atoms with Gasteiger partial charge < -0.3 is 4.42 Å². The van der Waals surface area contributed by atoms with Crippen LogP contribution in [0.15, 0.2) is 532 Å². The fourth-order valence-corrected chi connectivity index (χ4v) is 22.4. The largest absolute Gasteiger partial charge is 0.455 e. The molecule has 0 aliphatic carbocycles. The number of furan rings is 1. The van der Waals surface area contributed by atoms with E-state index >= 15 is 0 Å². The fourth-order valence-electron chi connectivity index (χ4n) is 19.7. The smallest absolute Gasteiger partial charge is 0.167 e. The number of thiophene rings is 2. The van der Waals surface area contributed by atoms with Gasteiger partial charge in [-0.2, -0.15) is 0 Å². The Morgan fingerprint density at radius 3 is 0.605 bits per heavy atom. The Morgan fingerprint density at radius 2 is 0.313 bits per heavy atom. The molecule has 0 saturated heterocycles. The van der Waals surface area contributed by atoms with Gasteiger partial charge in [-0.25, -0.2) is 44.9 Å². The zero-order chi connectivity index (χ0) is 97.7. The first-order chi connectivity index (χ1) is 72.9. The highest BCUT2D eigenvalue weighted by atomic mass is 32.1. The Bertz CT molecular complexity index is 9270. The standard InChI is InChI=1S/C51H33N3S.C45H29N3S.C39H25N3O/c1-5-14-34(15-6-1)36-24-28-40(29-25-36)49-52-50(41-30-26-37(27-31-41)35-16-7-2-8-17-35)54-51(53-49)45-23-13-22-44-46-42(38-18-9-3-10-19-38)32-33-43(48(46)55-47(44)45)39-20-11-4-12-21-39;1-5-14-30(15-6-1)31-24-26-35(27-25-31)44-46-43(34-20-11-4-12-21-34)47-45(48-44)39-23-13-22-38-40-36(32-16-7-2-8-17-32)28-29-37(42(40)49-41(38)39)33-18-9-3-10-19-33;1-5-14-26(15-6-1)30-24-25-31(27-16-7-2-8-17-27)36-34(30)32-22-13-23-33(35(32)43-36)39-41-37(28-18-9-3-10-19-28)40-38(42-39)29-20-11-4-12-21-29/h1-33H;1-29H;1-25H. The summed E-state index contributed by atoms with van der Waals surface area (Å²) in [7, 11) is 0. The first-order valence-electron chi connectivity index (χ1n) is 49.1. The van der Waals surface area contributed by atoms with E-state index in [2.05, 4.69) is 413 Å². The first-order valence-corrected chi connectivity index (χ1v) is 50.7. The molecule has 0 aliphatic rings. The van der Waals surface area contributed by atoms with Gasteiger partial charge in [-0.1, -0.05) is 504 Å². The van der Waals surface area contributed by atoms with Crippen LogP contribution in [0.4, 0.5) is 0 Å². The zero-order valence-electron chi connectivity index (χ0n) is 79.5. The molecule has 690 valence electrons. The first kappa shape index (κ1) is 89.3. The molecule has 0 N–H and O–H groups in total. The van der Waals surface area contributed by atoms with Gasteiger partial charge in [-0.05, 0) is 119 Å². The summed E-state index contributed by atoms with van der Waals surface area (Å²) in [6.45, 7) is 0. The molecule has 0 spiro atoms. The van der Waals surface area contributed by atoms with E-state index in [4.69, 9.17) is 49.3 Å². The van der Waals surface area contributed by atoms with E-state index in [-0.39, 0.29) is 0 Å². The van der Waals surface area contributed by atoms with Crippen LogP contribution in [0, 0.1) is 0 Å². The van der Waals surface area contributed by atoms with Crippen molar-refractivity contribution in [1.29, 1.82) is 0 Å². The summed E-state index contributed by atoms with van der Waals surface area (Å²) in [5.41, 5.74) is 31.1. The highest BCUT2D eigenvalue weighted by molar-refractivity contribution is 7.27. The summed E-state index contributed by atoms with van der Waals surface area (Å²) in [6, 6.07) is 183. The average Bonchev–Trinajstić information content (AvgIpc) is 1.56. The maximum absolute atomic E-state index is 6.88. The summed E-state index contributed by atoms with van der Waals surface area (Å²) in [4.78, 5) is 45.8. The normalized spacial score (nSPS) is 11.3. The molecule has 0 atom stereocenters. The van der Waals surface area contributed by atoms with Gasteiger partial charge in [-0.3, -0.25) is 0 Å². The quantitative estimate of drug-likeness (QED) is 0.0819. The number of hydrogen-bond donors (Lipinski definition) is 0. The molecular formula is C135H87N9OS2. The predicted molar refractivity (Wildman–Crippen MR) is 610 cm³/mol. The molecule has 0 radical (unpaired) electrons. The number of nitrogens with zero attached hydrogens (tertiary/aromatic N) is 9. The lowest BCUT2D eigenvalue weighted by atomic mass is 9.94. The van der Waals surface area contributed by atoms with Crippen molar-refractivity contribution in [2.45, 2.75) is 0 Å².